The normalized spacial score (nSPS) is 12.7. The standard InChI is InChI=1S/C13H15BrClN3/c1-8-4-5-10(14)9(6-8)12(16-2)13-11(15)7-17-18(13)3/h4-7,12,16H,1-3H3. The Morgan fingerprint density at radius 1 is 1.44 bits per heavy atom. The fraction of sp³-hybridized carbons (Fsp3) is 0.308. The summed E-state index contributed by atoms with van der Waals surface area (Å²) in [6, 6.07) is 6.29. The summed E-state index contributed by atoms with van der Waals surface area (Å²) in [5, 5.41) is 8.16. The Morgan fingerprint density at radius 3 is 2.72 bits per heavy atom. The number of halogens is 2. The second-order valence-electron chi connectivity index (χ2n) is 4.25. The minimum absolute atomic E-state index is 0.0132. The summed E-state index contributed by atoms with van der Waals surface area (Å²) in [4.78, 5) is 0. The van der Waals surface area contributed by atoms with Crippen LogP contribution in [0, 0.1) is 6.92 Å². The average molecular weight is 329 g/mol. The first-order valence-corrected chi connectivity index (χ1v) is 6.82. The average Bonchev–Trinajstić information content (AvgIpc) is 2.66. The monoisotopic (exact) mass is 327 g/mol. The highest BCUT2D eigenvalue weighted by Gasteiger charge is 2.21. The molecule has 0 spiro atoms. The van der Waals surface area contributed by atoms with Crippen molar-refractivity contribution in [1.82, 2.24) is 15.1 Å². The van der Waals surface area contributed by atoms with Crippen LogP contribution >= 0.6 is 27.5 Å². The van der Waals surface area contributed by atoms with Crippen molar-refractivity contribution >= 4 is 27.5 Å². The minimum atomic E-state index is 0.0132. The van der Waals surface area contributed by atoms with Crippen LogP contribution in [0.2, 0.25) is 5.02 Å². The van der Waals surface area contributed by atoms with Crippen LogP contribution in [0.4, 0.5) is 0 Å². The largest absolute Gasteiger partial charge is 0.308 e. The van der Waals surface area contributed by atoms with Gasteiger partial charge in [0.1, 0.15) is 0 Å². The SMILES string of the molecule is CNC(c1cc(C)ccc1Br)c1c(Cl)cnn1C. The molecular weight excluding hydrogens is 314 g/mol. The highest BCUT2D eigenvalue weighted by atomic mass is 79.9. The zero-order valence-electron chi connectivity index (χ0n) is 10.5. The van der Waals surface area contributed by atoms with Crippen molar-refractivity contribution in [3.8, 4) is 0 Å². The molecular formula is C13H15BrClN3. The number of rotatable bonds is 3. The highest BCUT2D eigenvalue weighted by molar-refractivity contribution is 9.10. The molecule has 0 radical (unpaired) electrons. The van der Waals surface area contributed by atoms with Gasteiger partial charge in [-0.2, -0.15) is 5.10 Å². The molecule has 1 N–H and O–H groups in total. The summed E-state index contributed by atoms with van der Waals surface area (Å²) >= 11 is 9.82. The zero-order valence-corrected chi connectivity index (χ0v) is 12.9. The van der Waals surface area contributed by atoms with Crippen LogP contribution in [0.5, 0.6) is 0 Å². The van der Waals surface area contributed by atoms with E-state index in [0.717, 1.165) is 15.7 Å². The van der Waals surface area contributed by atoms with Gasteiger partial charge in [-0.05, 0) is 25.6 Å². The van der Waals surface area contributed by atoms with E-state index < -0.39 is 0 Å². The van der Waals surface area contributed by atoms with Gasteiger partial charge in [-0.25, -0.2) is 0 Å². The fourth-order valence-corrected chi connectivity index (χ4v) is 2.82. The number of benzene rings is 1. The number of nitrogens with zero attached hydrogens (tertiary/aromatic N) is 2. The second kappa shape index (κ2) is 5.43. The van der Waals surface area contributed by atoms with Gasteiger partial charge in [-0.3, -0.25) is 4.68 Å². The fourth-order valence-electron chi connectivity index (χ4n) is 2.07. The molecule has 18 heavy (non-hydrogen) atoms. The maximum Gasteiger partial charge on any atom is 0.0837 e. The highest BCUT2D eigenvalue weighted by Crippen LogP contribution is 2.32. The van der Waals surface area contributed by atoms with Crippen LogP contribution in [-0.2, 0) is 7.05 Å². The molecule has 0 aliphatic heterocycles. The van der Waals surface area contributed by atoms with Crippen LogP contribution in [0.15, 0.2) is 28.9 Å². The lowest BCUT2D eigenvalue weighted by molar-refractivity contribution is 0.604. The predicted octanol–water partition coefficient (Wildman–Crippen LogP) is 3.45. The molecule has 0 fully saturated rings. The maximum atomic E-state index is 6.22. The van der Waals surface area contributed by atoms with Crippen molar-refractivity contribution in [3.05, 3.63) is 50.7 Å². The molecule has 96 valence electrons. The lowest BCUT2D eigenvalue weighted by Crippen LogP contribution is -2.21. The van der Waals surface area contributed by atoms with Crippen LogP contribution < -0.4 is 5.32 Å². The van der Waals surface area contributed by atoms with Crippen molar-refractivity contribution in [1.29, 1.82) is 0 Å². The van der Waals surface area contributed by atoms with E-state index in [0.29, 0.717) is 5.02 Å². The smallest absolute Gasteiger partial charge is 0.0837 e. The zero-order chi connectivity index (χ0) is 13.3. The maximum absolute atomic E-state index is 6.22. The summed E-state index contributed by atoms with van der Waals surface area (Å²) in [5.74, 6) is 0. The van der Waals surface area contributed by atoms with Gasteiger partial charge >= 0.3 is 0 Å². The molecule has 1 aromatic carbocycles. The third kappa shape index (κ3) is 2.46. The topological polar surface area (TPSA) is 29.9 Å². The van der Waals surface area contributed by atoms with Crippen LogP contribution in [0.3, 0.4) is 0 Å². The number of hydrogen-bond acceptors (Lipinski definition) is 2. The van der Waals surface area contributed by atoms with Gasteiger partial charge in [0.2, 0.25) is 0 Å². The molecule has 0 saturated heterocycles. The summed E-state index contributed by atoms with van der Waals surface area (Å²) in [5.41, 5.74) is 3.33. The summed E-state index contributed by atoms with van der Waals surface area (Å²) in [6.45, 7) is 2.08. The van der Waals surface area contributed by atoms with Crippen molar-refractivity contribution in [3.63, 3.8) is 0 Å². The van der Waals surface area contributed by atoms with E-state index >= 15 is 0 Å². The van der Waals surface area contributed by atoms with Gasteiger partial charge in [-0.1, -0.05) is 45.2 Å². The summed E-state index contributed by atoms with van der Waals surface area (Å²) < 4.78 is 2.86. The van der Waals surface area contributed by atoms with E-state index in [4.69, 9.17) is 11.6 Å². The number of nitrogens with one attached hydrogen (secondary N) is 1. The van der Waals surface area contributed by atoms with E-state index in [1.165, 1.54) is 5.56 Å². The minimum Gasteiger partial charge on any atom is -0.308 e. The molecule has 1 heterocycles. The lowest BCUT2D eigenvalue weighted by atomic mass is 10.0. The van der Waals surface area contributed by atoms with Crippen molar-refractivity contribution < 1.29 is 0 Å². The molecule has 1 unspecified atom stereocenters. The van der Waals surface area contributed by atoms with Gasteiger partial charge in [-0.15, -0.1) is 0 Å². The lowest BCUT2D eigenvalue weighted by Gasteiger charge is -2.19. The molecule has 0 bridgehead atoms. The Morgan fingerprint density at radius 2 is 2.17 bits per heavy atom. The Bertz CT molecular complexity index is 546. The molecule has 0 amide bonds. The van der Waals surface area contributed by atoms with Crippen LogP contribution in [0.25, 0.3) is 0 Å². The second-order valence-corrected chi connectivity index (χ2v) is 5.51. The van der Waals surface area contributed by atoms with Gasteiger partial charge < -0.3 is 5.32 Å². The third-order valence-electron chi connectivity index (χ3n) is 2.96. The van der Waals surface area contributed by atoms with E-state index in [9.17, 15) is 0 Å². The summed E-state index contributed by atoms with van der Waals surface area (Å²) in [6.07, 6.45) is 1.67. The van der Waals surface area contributed by atoms with E-state index in [1.54, 1.807) is 10.9 Å². The van der Waals surface area contributed by atoms with Crippen molar-refractivity contribution in [2.24, 2.45) is 7.05 Å². The van der Waals surface area contributed by atoms with Crippen molar-refractivity contribution in [2.75, 3.05) is 7.05 Å². The van der Waals surface area contributed by atoms with E-state index in [-0.39, 0.29) is 6.04 Å². The van der Waals surface area contributed by atoms with Crippen LogP contribution in [-0.4, -0.2) is 16.8 Å². The summed E-state index contributed by atoms with van der Waals surface area (Å²) in [7, 11) is 3.82. The first-order valence-electron chi connectivity index (χ1n) is 5.65. The Hall–Kier alpha value is -0.840. The molecule has 2 rings (SSSR count). The first kappa shape index (κ1) is 13.6. The molecule has 1 atom stereocenters. The van der Waals surface area contributed by atoms with Crippen molar-refractivity contribution in [2.45, 2.75) is 13.0 Å². The Labute approximate surface area is 120 Å². The van der Waals surface area contributed by atoms with E-state index in [1.807, 2.05) is 14.1 Å². The molecule has 2 aromatic rings. The molecule has 0 aliphatic rings. The molecule has 0 saturated carbocycles. The molecule has 0 aliphatic carbocycles. The number of aryl methyl sites for hydroxylation is 2. The Kier molecular flexibility index (Phi) is 4.10. The molecule has 1 aromatic heterocycles. The third-order valence-corrected chi connectivity index (χ3v) is 3.98. The van der Waals surface area contributed by atoms with Gasteiger partial charge in [0.15, 0.2) is 0 Å². The van der Waals surface area contributed by atoms with Gasteiger partial charge in [0, 0.05) is 11.5 Å². The predicted molar refractivity (Wildman–Crippen MR) is 78.0 cm³/mol. The molecule has 3 nitrogen and oxygen atoms in total. The van der Waals surface area contributed by atoms with Gasteiger partial charge in [0.05, 0.1) is 23.0 Å². The first-order chi connectivity index (χ1) is 8.54. The Balaban J connectivity index is 2.55. The quantitative estimate of drug-likeness (QED) is 0.935. The van der Waals surface area contributed by atoms with Crippen LogP contribution in [0.1, 0.15) is 22.9 Å². The van der Waals surface area contributed by atoms with E-state index in [2.05, 4.69) is 51.5 Å². The number of aromatic nitrogens is 2. The molecule has 5 heteroatoms. The number of hydrogen-bond donors (Lipinski definition) is 1. The van der Waals surface area contributed by atoms with Gasteiger partial charge in [0.25, 0.3) is 0 Å².